The molecule has 19 heavy (non-hydrogen) atoms. The molecule has 3 N–H and O–H groups in total. The molecule has 1 fully saturated rings. The third-order valence-corrected chi connectivity index (χ3v) is 3.51. The van der Waals surface area contributed by atoms with Crippen molar-refractivity contribution in [3.05, 3.63) is 23.4 Å². The van der Waals surface area contributed by atoms with E-state index in [1.165, 1.54) is 0 Å². The zero-order valence-electron chi connectivity index (χ0n) is 11.5. The molecule has 1 amide bonds. The van der Waals surface area contributed by atoms with Crippen LogP contribution >= 0.6 is 0 Å². The number of anilines is 1. The van der Waals surface area contributed by atoms with Crippen LogP contribution < -0.4 is 11.1 Å². The molecule has 0 saturated carbocycles. The maximum atomic E-state index is 12.1. The predicted molar refractivity (Wildman–Crippen MR) is 73.9 cm³/mol. The Morgan fingerprint density at radius 1 is 1.58 bits per heavy atom. The van der Waals surface area contributed by atoms with E-state index in [0.717, 1.165) is 25.1 Å². The van der Waals surface area contributed by atoms with E-state index in [9.17, 15) is 4.79 Å². The van der Waals surface area contributed by atoms with Crippen molar-refractivity contribution in [2.45, 2.75) is 32.8 Å². The smallest absolute Gasteiger partial charge is 0.251 e. The van der Waals surface area contributed by atoms with Crippen molar-refractivity contribution in [1.29, 1.82) is 0 Å². The number of carbonyl (C=O) groups excluding carboxylic acids is 1. The summed E-state index contributed by atoms with van der Waals surface area (Å²) in [4.78, 5) is 16.1. The van der Waals surface area contributed by atoms with Gasteiger partial charge in [0, 0.05) is 30.3 Å². The molecule has 1 aliphatic heterocycles. The van der Waals surface area contributed by atoms with E-state index in [-0.39, 0.29) is 12.0 Å². The Morgan fingerprint density at radius 2 is 2.37 bits per heavy atom. The van der Waals surface area contributed by atoms with Gasteiger partial charge in [0.1, 0.15) is 5.82 Å². The number of aryl methyl sites for hydroxylation is 1. The molecule has 2 atom stereocenters. The highest BCUT2D eigenvalue weighted by Gasteiger charge is 2.26. The average Bonchev–Trinajstić information content (AvgIpc) is 2.82. The molecule has 0 bridgehead atoms. The summed E-state index contributed by atoms with van der Waals surface area (Å²) in [6, 6.07) is 3.35. The van der Waals surface area contributed by atoms with Gasteiger partial charge in [-0.2, -0.15) is 0 Å². The van der Waals surface area contributed by atoms with Crippen molar-refractivity contribution in [2.24, 2.45) is 5.92 Å². The Balaban J connectivity index is 1.94. The van der Waals surface area contributed by atoms with Gasteiger partial charge in [0.05, 0.1) is 6.10 Å². The monoisotopic (exact) mass is 263 g/mol. The van der Waals surface area contributed by atoms with E-state index in [2.05, 4.69) is 17.2 Å². The highest BCUT2D eigenvalue weighted by Crippen LogP contribution is 2.22. The third kappa shape index (κ3) is 3.44. The van der Waals surface area contributed by atoms with Crippen LogP contribution in [0.5, 0.6) is 0 Å². The Kier molecular flexibility index (Phi) is 4.37. The van der Waals surface area contributed by atoms with Crippen LogP contribution in [0.4, 0.5) is 5.82 Å². The van der Waals surface area contributed by atoms with Crippen LogP contribution in [-0.2, 0) is 4.74 Å². The van der Waals surface area contributed by atoms with Crippen molar-refractivity contribution in [2.75, 3.05) is 18.9 Å². The molecule has 0 radical (unpaired) electrons. The molecule has 5 nitrogen and oxygen atoms in total. The molecule has 104 valence electrons. The highest BCUT2D eigenvalue weighted by atomic mass is 16.5. The minimum atomic E-state index is -0.0982. The van der Waals surface area contributed by atoms with Crippen LogP contribution in [-0.4, -0.2) is 30.1 Å². The number of nitrogens with two attached hydrogens (primary N) is 1. The predicted octanol–water partition coefficient (Wildman–Crippen LogP) is 1.52. The molecule has 1 aromatic rings. The molecule has 2 unspecified atom stereocenters. The van der Waals surface area contributed by atoms with E-state index < -0.39 is 0 Å². The van der Waals surface area contributed by atoms with Crippen LogP contribution in [0.15, 0.2) is 12.1 Å². The van der Waals surface area contributed by atoms with Gasteiger partial charge >= 0.3 is 0 Å². The average molecular weight is 263 g/mol. The van der Waals surface area contributed by atoms with Crippen LogP contribution in [0.3, 0.4) is 0 Å². The second-order valence-corrected chi connectivity index (χ2v) is 5.00. The Bertz CT molecular complexity index is 442. The summed E-state index contributed by atoms with van der Waals surface area (Å²) in [5, 5.41) is 2.96. The van der Waals surface area contributed by atoms with Crippen LogP contribution in [0, 0.1) is 12.8 Å². The number of pyridine rings is 1. The van der Waals surface area contributed by atoms with Gasteiger partial charge in [-0.25, -0.2) is 4.98 Å². The molecule has 1 aromatic heterocycles. The van der Waals surface area contributed by atoms with Crippen molar-refractivity contribution in [1.82, 2.24) is 10.3 Å². The molecule has 0 aliphatic carbocycles. The summed E-state index contributed by atoms with van der Waals surface area (Å²) in [6.07, 6.45) is 2.27. The minimum Gasteiger partial charge on any atom is -0.384 e. The number of nitrogens with zero attached hydrogens (tertiary/aromatic N) is 1. The second-order valence-electron chi connectivity index (χ2n) is 5.00. The van der Waals surface area contributed by atoms with Crippen LogP contribution in [0.2, 0.25) is 0 Å². The van der Waals surface area contributed by atoms with E-state index >= 15 is 0 Å². The number of rotatable bonds is 4. The fourth-order valence-corrected chi connectivity index (χ4v) is 2.53. The number of nitrogen functional groups attached to an aromatic ring is 1. The summed E-state index contributed by atoms with van der Waals surface area (Å²) in [5.74, 6) is 0.689. The molecule has 0 spiro atoms. The number of nitrogens with one attached hydrogen (secondary N) is 1. The van der Waals surface area contributed by atoms with Gasteiger partial charge in [-0.15, -0.1) is 0 Å². The molecular weight excluding hydrogens is 242 g/mol. The highest BCUT2D eigenvalue weighted by molar-refractivity contribution is 5.94. The summed E-state index contributed by atoms with van der Waals surface area (Å²) in [6.45, 7) is 5.38. The number of hydrogen-bond donors (Lipinski definition) is 2. The number of hydrogen-bond acceptors (Lipinski definition) is 4. The third-order valence-electron chi connectivity index (χ3n) is 3.51. The first-order valence-electron chi connectivity index (χ1n) is 6.74. The lowest BCUT2D eigenvalue weighted by atomic mass is 9.99. The molecule has 0 aromatic carbocycles. The zero-order valence-corrected chi connectivity index (χ0v) is 11.5. The van der Waals surface area contributed by atoms with Gasteiger partial charge in [0.15, 0.2) is 0 Å². The van der Waals surface area contributed by atoms with Crippen LogP contribution in [0.1, 0.15) is 35.8 Å². The fourth-order valence-electron chi connectivity index (χ4n) is 2.53. The number of aromatic nitrogens is 1. The summed E-state index contributed by atoms with van der Waals surface area (Å²) >= 11 is 0. The van der Waals surface area contributed by atoms with Crippen molar-refractivity contribution in [3.63, 3.8) is 0 Å². The lowest BCUT2D eigenvalue weighted by molar-refractivity contribution is 0.0827. The van der Waals surface area contributed by atoms with Crippen LogP contribution in [0.25, 0.3) is 0 Å². The summed E-state index contributed by atoms with van der Waals surface area (Å²) in [7, 11) is 0. The molecule has 1 saturated heterocycles. The standard InChI is InChI=1S/C14H21N3O2/c1-3-12-10(4-5-19-12)8-16-14(18)11-6-9(2)17-13(15)7-11/h6-7,10,12H,3-5,8H2,1-2H3,(H2,15,17)(H,16,18). The van der Waals surface area contributed by atoms with E-state index in [1.54, 1.807) is 12.1 Å². The topological polar surface area (TPSA) is 77.2 Å². The molecule has 5 heteroatoms. The van der Waals surface area contributed by atoms with Gasteiger partial charge in [-0.1, -0.05) is 6.92 Å². The molecule has 1 aliphatic rings. The maximum Gasteiger partial charge on any atom is 0.251 e. The van der Waals surface area contributed by atoms with Gasteiger partial charge in [-0.05, 0) is 31.9 Å². The van der Waals surface area contributed by atoms with E-state index in [0.29, 0.717) is 23.8 Å². The Morgan fingerprint density at radius 3 is 3.05 bits per heavy atom. The van der Waals surface area contributed by atoms with Crippen molar-refractivity contribution >= 4 is 11.7 Å². The number of ether oxygens (including phenoxy) is 1. The van der Waals surface area contributed by atoms with E-state index in [1.807, 2.05) is 6.92 Å². The maximum absolute atomic E-state index is 12.1. The van der Waals surface area contributed by atoms with Gasteiger partial charge < -0.3 is 15.8 Å². The first kappa shape index (κ1) is 13.8. The second kappa shape index (κ2) is 6.02. The molecule has 2 heterocycles. The zero-order chi connectivity index (χ0) is 13.8. The lowest BCUT2D eigenvalue weighted by Gasteiger charge is -2.17. The normalized spacial score (nSPS) is 22.4. The molecular formula is C14H21N3O2. The summed E-state index contributed by atoms with van der Waals surface area (Å²) < 4.78 is 5.61. The van der Waals surface area contributed by atoms with Gasteiger partial charge in [0.25, 0.3) is 5.91 Å². The first-order valence-corrected chi connectivity index (χ1v) is 6.74. The van der Waals surface area contributed by atoms with Gasteiger partial charge in [0.2, 0.25) is 0 Å². The quantitative estimate of drug-likeness (QED) is 0.863. The van der Waals surface area contributed by atoms with Crippen molar-refractivity contribution in [3.8, 4) is 0 Å². The van der Waals surface area contributed by atoms with Gasteiger partial charge in [-0.3, -0.25) is 4.79 Å². The molecule has 2 rings (SSSR count). The van der Waals surface area contributed by atoms with E-state index in [4.69, 9.17) is 10.5 Å². The largest absolute Gasteiger partial charge is 0.384 e. The number of amides is 1. The minimum absolute atomic E-state index is 0.0982. The number of carbonyl (C=O) groups is 1. The Hall–Kier alpha value is -1.62. The summed E-state index contributed by atoms with van der Waals surface area (Å²) in [5.41, 5.74) is 6.97. The SMILES string of the molecule is CCC1OCCC1CNC(=O)c1cc(C)nc(N)c1. The van der Waals surface area contributed by atoms with Crippen molar-refractivity contribution < 1.29 is 9.53 Å². The lowest BCUT2D eigenvalue weighted by Crippen LogP contribution is -2.32. The Labute approximate surface area is 113 Å². The first-order chi connectivity index (χ1) is 9.10. The fraction of sp³-hybridized carbons (Fsp3) is 0.571.